The summed E-state index contributed by atoms with van der Waals surface area (Å²) in [6.45, 7) is 1.97. The van der Waals surface area contributed by atoms with Crippen LogP contribution >= 0.6 is 0 Å². The molecule has 3 rings (SSSR count). The number of benzene rings is 2. The SMILES string of the molecule is CCC[C@@H](NC(=O)c1cccc(N(C)C)c1)C(=O)Nc1nc2ccccc2[nH]1. The van der Waals surface area contributed by atoms with Crippen molar-refractivity contribution in [3.63, 3.8) is 0 Å². The van der Waals surface area contributed by atoms with Crippen molar-refractivity contribution in [3.8, 4) is 0 Å². The van der Waals surface area contributed by atoms with Crippen LogP contribution in [0, 0.1) is 0 Å². The molecule has 1 aromatic heterocycles. The summed E-state index contributed by atoms with van der Waals surface area (Å²) in [4.78, 5) is 34.7. The number of nitrogens with zero attached hydrogens (tertiary/aromatic N) is 2. The number of nitrogens with one attached hydrogen (secondary N) is 3. The first kappa shape index (κ1) is 19.4. The van der Waals surface area contributed by atoms with Crippen molar-refractivity contribution in [2.45, 2.75) is 25.8 Å². The molecule has 0 aliphatic carbocycles. The van der Waals surface area contributed by atoms with Gasteiger partial charge in [0.15, 0.2) is 0 Å². The molecule has 0 aliphatic heterocycles. The third-order valence-electron chi connectivity index (χ3n) is 4.45. The molecule has 0 spiro atoms. The Hall–Kier alpha value is -3.35. The first-order valence-corrected chi connectivity index (χ1v) is 9.31. The van der Waals surface area contributed by atoms with Gasteiger partial charge in [-0.2, -0.15) is 0 Å². The lowest BCUT2D eigenvalue weighted by atomic mass is 10.1. The molecule has 28 heavy (non-hydrogen) atoms. The second kappa shape index (κ2) is 8.56. The number of fused-ring (bicyclic) bond motifs is 1. The van der Waals surface area contributed by atoms with Crippen LogP contribution in [-0.2, 0) is 4.79 Å². The summed E-state index contributed by atoms with van der Waals surface area (Å²) in [6.07, 6.45) is 1.29. The summed E-state index contributed by atoms with van der Waals surface area (Å²) in [5.74, 6) is -0.198. The van der Waals surface area contributed by atoms with Crippen LogP contribution in [0.1, 0.15) is 30.1 Å². The van der Waals surface area contributed by atoms with Gasteiger partial charge in [-0.25, -0.2) is 4.98 Å². The number of rotatable bonds is 7. The lowest BCUT2D eigenvalue weighted by Crippen LogP contribution is -2.43. The highest BCUT2D eigenvalue weighted by molar-refractivity contribution is 6.01. The van der Waals surface area contributed by atoms with Gasteiger partial charge < -0.3 is 15.2 Å². The molecule has 0 fully saturated rings. The molecule has 0 radical (unpaired) electrons. The van der Waals surface area contributed by atoms with E-state index in [1.807, 2.05) is 62.3 Å². The van der Waals surface area contributed by atoms with Gasteiger partial charge in [-0.05, 0) is 36.8 Å². The fraction of sp³-hybridized carbons (Fsp3) is 0.286. The largest absolute Gasteiger partial charge is 0.378 e. The van der Waals surface area contributed by atoms with E-state index < -0.39 is 6.04 Å². The molecule has 2 amide bonds. The molecule has 0 saturated carbocycles. The fourth-order valence-electron chi connectivity index (χ4n) is 2.94. The van der Waals surface area contributed by atoms with Crippen molar-refractivity contribution in [1.82, 2.24) is 15.3 Å². The van der Waals surface area contributed by atoms with Crippen molar-refractivity contribution < 1.29 is 9.59 Å². The maximum atomic E-state index is 12.7. The second-order valence-corrected chi connectivity index (χ2v) is 6.85. The minimum absolute atomic E-state index is 0.276. The Balaban J connectivity index is 1.72. The predicted octanol–water partition coefficient (Wildman–Crippen LogP) is 3.17. The minimum atomic E-state index is -0.645. The molecule has 7 nitrogen and oxygen atoms in total. The number of aromatic nitrogens is 2. The molecule has 7 heteroatoms. The number of carbonyl (C=O) groups excluding carboxylic acids is 2. The van der Waals surface area contributed by atoms with E-state index in [0.29, 0.717) is 17.9 Å². The Morgan fingerprint density at radius 2 is 1.93 bits per heavy atom. The molecule has 146 valence electrons. The molecule has 2 aromatic carbocycles. The van der Waals surface area contributed by atoms with Gasteiger partial charge in [0.25, 0.3) is 5.91 Å². The zero-order valence-electron chi connectivity index (χ0n) is 16.3. The minimum Gasteiger partial charge on any atom is -0.378 e. The number of carbonyl (C=O) groups is 2. The quantitative estimate of drug-likeness (QED) is 0.588. The number of hydrogen-bond donors (Lipinski definition) is 3. The Labute approximate surface area is 164 Å². The van der Waals surface area contributed by atoms with Crippen LogP contribution in [0.25, 0.3) is 11.0 Å². The molecule has 0 saturated heterocycles. The third-order valence-corrected chi connectivity index (χ3v) is 4.45. The standard InChI is InChI=1S/C21H25N5O2/c1-4-8-18(22-19(27)14-9-7-10-15(13-14)26(2)3)20(28)25-21-23-16-11-5-6-12-17(16)24-21/h5-7,9-13,18H,4,8H2,1-3H3,(H,22,27)(H2,23,24,25,28)/t18-/m1/s1. The van der Waals surface area contributed by atoms with Crippen LogP contribution in [0.5, 0.6) is 0 Å². The summed E-state index contributed by atoms with van der Waals surface area (Å²) in [5.41, 5.74) is 3.05. The van der Waals surface area contributed by atoms with Gasteiger partial charge in [0.05, 0.1) is 11.0 Å². The topological polar surface area (TPSA) is 90.1 Å². The lowest BCUT2D eigenvalue weighted by molar-refractivity contribution is -0.118. The van der Waals surface area contributed by atoms with E-state index in [2.05, 4.69) is 20.6 Å². The van der Waals surface area contributed by atoms with Crippen LogP contribution < -0.4 is 15.5 Å². The maximum absolute atomic E-state index is 12.7. The van der Waals surface area contributed by atoms with Gasteiger partial charge in [-0.1, -0.05) is 31.5 Å². The summed E-state index contributed by atoms with van der Waals surface area (Å²) in [5, 5.41) is 5.62. The monoisotopic (exact) mass is 379 g/mol. The number of H-pyrrole nitrogens is 1. The molecule has 0 aliphatic rings. The van der Waals surface area contributed by atoms with Crippen LogP contribution in [0.4, 0.5) is 11.6 Å². The van der Waals surface area contributed by atoms with Gasteiger partial charge in [0.2, 0.25) is 11.9 Å². The van der Waals surface area contributed by atoms with Crippen LogP contribution in [0.2, 0.25) is 0 Å². The normalized spacial score (nSPS) is 11.8. The van der Waals surface area contributed by atoms with E-state index in [1.54, 1.807) is 12.1 Å². The number of imidazole rings is 1. The van der Waals surface area contributed by atoms with Crippen LogP contribution in [0.3, 0.4) is 0 Å². The molecule has 1 heterocycles. The molecular formula is C21H25N5O2. The Morgan fingerprint density at radius 3 is 2.64 bits per heavy atom. The van der Waals surface area contributed by atoms with Gasteiger partial charge in [0.1, 0.15) is 6.04 Å². The van der Waals surface area contributed by atoms with E-state index in [1.165, 1.54) is 0 Å². The average Bonchev–Trinajstić information content (AvgIpc) is 3.09. The van der Waals surface area contributed by atoms with Gasteiger partial charge in [-0.3, -0.25) is 14.9 Å². The molecular weight excluding hydrogens is 354 g/mol. The third kappa shape index (κ3) is 4.49. The number of para-hydroxylation sites is 2. The van der Waals surface area contributed by atoms with Crippen LogP contribution in [-0.4, -0.2) is 41.9 Å². The van der Waals surface area contributed by atoms with Gasteiger partial charge >= 0.3 is 0 Å². The summed E-state index contributed by atoms with van der Waals surface area (Å²) in [6, 6.07) is 14.2. The molecule has 0 unspecified atom stereocenters. The Morgan fingerprint density at radius 1 is 1.14 bits per heavy atom. The van der Waals surface area contributed by atoms with E-state index >= 15 is 0 Å². The zero-order chi connectivity index (χ0) is 20.1. The van der Waals surface area contributed by atoms with Gasteiger partial charge in [0, 0.05) is 25.3 Å². The molecule has 0 bridgehead atoms. The van der Waals surface area contributed by atoms with Crippen molar-refractivity contribution >= 4 is 34.5 Å². The first-order valence-electron chi connectivity index (χ1n) is 9.31. The summed E-state index contributed by atoms with van der Waals surface area (Å²) >= 11 is 0. The highest BCUT2D eigenvalue weighted by Crippen LogP contribution is 2.15. The molecule has 3 aromatic rings. The summed E-state index contributed by atoms with van der Waals surface area (Å²) < 4.78 is 0. The van der Waals surface area contributed by atoms with Crippen molar-refractivity contribution in [2.75, 3.05) is 24.3 Å². The number of hydrogen-bond acceptors (Lipinski definition) is 4. The first-order chi connectivity index (χ1) is 13.5. The van der Waals surface area contributed by atoms with Gasteiger partial charge in [-0.15, -0.1) is 0 Å². The van der Waals surface area contributed by atoms with E-state index in [4.69, 9.17) is 0 Å². The van der Waals surface area contributed by atoms with Crippen molar-refractivity contribution in [3.05, 3.63) is 54.1 Å². The van der Waals surface area contributed by atoms with E-state index in [9.17, 15) is 9.59 Å². The zero-order valence-corrected chi connectivity index (χ0v) is 16.3. The van der Waals surface area contributed by atoms with E-state index in [-0.39, 0.29) is 11.8 Å². The Bertz CT molecular complexity index is 947. The highest BCUT2D eigenvalue weighted by atomic mass is 16.2. The predicted molar refractivity (Wildman–Crippen MR) is 112 cm³/mol. The smallest absolute Gasteiger partial charge is 0.252 e. The highest BCUT2D eigenvalue weighted by Gasteiger charge is 2.22. The lowest BCUT2D eigenvalue weighted by Gasteiger charge is -2.18. The molecule has 1 atom stereocenters. The Kier molecular flexibility index (Phi) is 5.93. The summed E-state index contributed by atoms with van der Waals surface area (Å²) in [7, 11) is 3.83. The van der Waals surface area contributed by atoms with Crippen LogP contribution in [0.15, 0.2) is 48.5 Å². The maximum Gasteiger partial charge on any atom is 0.252 e. The van der Waals surface area contributed by atoms with Crippen molar-refractivity contribution in [1.29, 1.82) is 0 Å². The van der Waals surface area contributed by atoms with E-state index in [0.717, 1.165) is 23.1 Å². The number of aromatic amines is 1. The number of amides is 2. The molecule has 3 N–H and O–H groups in total. The van der Waals surface area contributed by atoms with Crippen molar-refractivity contribution in [2.24, 2.45) is 0 Å². The number of anilines is 2. The second-order valence-electron chi connectivity index (χ2n) is 6.85. The fourth-order valence-corrected chi connectivity index (χ4v) is 2.94. The average molecular weight is 379 g/mol.